The molecule has 1 aromatic heterocycles. The van der Waals surface area contributed by atoms with Gasteiger partial charge in [-0.25, -0.2) is 5.10 Å². The third kappa shape index (κ3) is 8.11. The molecule has 0 bridgehead atoms. The van der Waals surface area contributed by atoms with Crippen molar-refractivity contribution in [2.24, 2.45) is 4.99 Å². The van der Waals surface area contributed by atoms with Crippen LogP contribution < -0.4 is 5.56 Å². The third-order valence-electron chi connectivity index (χ3n) is 6.60. The standard InChI is InChI=1S/C18H14NO.C17H13N2O.2Y/c1-13-7-9-15(10-8-13)18-16(11-19-12-17(18)20)14-5-3-2-4-6-14;1-12-7-9-14(10-8-12)16-15(11-18-19-17(16)20)13-5-3-2-4-6-13;;/h3-11H,12H2,1H3;3-11H,1H3,(H,19,20);;/q2*-1;;. The van der Waals surface area contributed by atoms with E-state index in [9.17, 15) is 9.59 Å². The molecule has 0 saturated heterocycles. The number of nitrogens with zero attached hydrogens (tertiary/aromatic N) is 2. The first-order valence-electron chi connectivity index (χ1n) is 12.9. The van der Waals surface area contributed by atoms with Crippen molar-refractivity contribution in [2.45, 2.75) is 13.8 Å². The first-order valence-corrected chi connectivity index (χ1v) is 12.9. The first-order chi connectivity index (χ1) is 19.5. The van der Waals surface area contributed by atoms with Gasteiger partial charge in [0.15, 0.2) is 5.78 Å². The molecule has 0 unspecified atom stereocenters. The first kappa shape index (κ1) is 33.5. The van der Waals surface area contributed by atoms with Gasteiger partial charge in [-0.3, -0.25) is 14.6 Å². The Kier molecular flexibility index (Phi) is 12.8. The summed E-state index contributed by atoms with van der Waals surface area (Å²) in [6, 6.07) is 37.0. The van der Waals surface area contributed by atoms with E-state index in [-0.39, 0.29) is 83.3 Å². The zero-order valence-electron chi connectivity index (χ0n) is 23.5. The number of carbonyl (C=O) groups is 1. The second-order valence-electron chi connectivity index (χ2n) is 9.48. The van der Waals surface area contributed by atoms with Gasteiger partial charge in [-0.05, 0) is 36.1 Å². The van der Waals surface area contributed by atoms with Crippen molar-refractivity contribution in [1.82, 2.24) is 10.2 Å². The SMILES string of the molecule is Cc1ccc(-c2c(-c3cc[c-]cc3)cn[nH]c2=O)cc1.Cc1ccc(C2=C(c3cc[c-]cc3)C=NCC2=O)cc1.[Y].[Y]. The van der Waals surface area contributed by atoms with E-state index >= 15 is 0 Å². The molecule has 202 valence electrons. The maximum absolute atomic E-state index is 12.3. The summed E-state index contributed by atoms with van der Waals surface area (Å²) in [5, 5.41) is 6.43. The number of allylic oxidation sites excluding steroid dienone is 1. The van der Waals surface area contributed by atoms with Crippen LogP contribution in [0.5, 0.6) is 0 Å². The molecular weight excluding hydrogens is 672 g/mol. The number of Topliss-reactive ketones (excluding diaryl/α,β-unsaturated/α-hetero) is 1. The van der Waals surface area contributed by atoms with Gasteiger partial charge in [-0.15, -0.1) is 11.1 Å². The van der Waals surface area contributed by atoms with Gasteiger partial charge in [0.2, 0.25) is 0 Å². The summed E-state index contributed by atoms with van der Waals surface area (Å²) in [5.41, 5.74) is 9.07. The van der Waals surface area contributed by atoms with Gasteiger partial charge in [0.1, 0.15) is 6.54 Å². The van der Waals surface area contributed by atoms with Gasteiger partial charge in [0.05, 0.1) is 11.8 Å². The Morgan fingerprint density at radius 3 is 1.76 bits per heavy atom. The molecule has 1 N–H and O–H groups in total. The van der Waals surface area contributed by atoms with Crippen LogP contribution in [0.2, 0.25) is 0 Å². The van der Waals surface area contributed by atoms with Crippen molar-refractivity contribution in [3.8, 4) is 22.3 Å². The molecule has 6 rings (SSSR count). The van der Waals surface area contributed by atoms with Crippen molar-refractivity contribution >= 4 is 23.1 Å². The molecule has 7 heteroatoms. The number of hydrogen-bond donors (Lipinski definition) is 1. The van der Waals surface area contributed by atoms with E-state index in [2.05, 4.69) is 27.3 Å². The fraction of sp³-hybridized carbons (Fsp3) is 0.0857. The van der Waals surface area contributed by atoms with Crippen LogP contribution in [0.1, 0.15) is 22.3 Å². The third-order valence-corrected chi connectivity index (χ3v) is 6.60. The number of aliphatic imine (C=N–C) groups is 1. The van der Waals surface area contributed by atoms with E-state index in [0.29, 0.717) is 5.56 Å². The number of carbonyl (C=O) groups excluding carboxylic acids is 1. The molecule has 0 spiro atoms. The van der Waals surface area contributed by atoms with Gasteiger partial charge in [-0.2, -0.15) is 65.8 Å². The number of aromatic nitrogens is 2. The Morgan fingerprint density at radius 2 is 1.19 bits per heavy atom. The summed E-state index contributed by atoms with van der Waals surface area (Å²) in [6.45, 7) is 4.29. The molecule has 0 aliphatic carbocycles. The molecule has 4 aromatic carbocycles. The van der Waals surface area contributed by atoms with Crippen molar-refractivity contribution < 1.29 is 70.2 Å². The van der Waals surface area contributed by atoms with Crippen molar-refractivity contribution in [2.75, 3.05) is 6.54 Å². The van der Waals surface area contributed by atoms with Crippen LogP contribution in [0, 0.1) is 26.0 Å². The smallest absolute Gasteiger partial charge is 0.272 e. The predicted octanol–water partition coefficient (Wildman–Crippen LogP) is 6.57. The van der Waals surface area contributed by atoms with Gasteiger partial charge in [-0.1, -0.05) is 59.7 Å². The Labute approximate surface area is 296 Å². The fourth-order valence-electron chi connectivity index (χ4n) is 4.53. The number of dihydropyridines is 1. The minimum absolute atomic E-state index is 0. The van der Waals surface area contributed by atoms with Crippen LogP contribution >= 0.6 is 0 Å². The summed E-state index contributed by atoms with van der Waals surface area (Å²) in [7, 11) is 0. The van der Waals surface area contributed by atoms with Crippen molar-refractivity contribution in [1.29, 1.82) is 0 Å². The van der Waals surface area contributed by atoms with Crippen LogP contribution in [0.25, 0.3) is 33.4 Å². The quantitative estimate of drug-likeness (QED) is 0.216. The van der Waals surface area contributed by atoms with E-state index in [0.717, 1.165) is 44.5 Å². The van der Waals surface area contributed by atoms with Crippen LogP contribution in [0.4, 0.5) is 0 Å². The number of rotatable bonds is 4. The number of nitrogens with one attached hydrogen (secondary N) is 1. The number of ketones is 1. The summed E-state index contributed by atoms with van der Waals surface area (Å²) in [5.74, 6) is 0.0687. The Balaban J connectivity index is 0.000000220. The van der Waals surface area contributed by atoms with E-state index in [1.165, 1.54) is 5.56 Å². The zero-order chi connectivity index (χ0) is 27.9. The van der Waals surface area contributed by atoms with Crippen LogP contribution in [-0.2, 0) is 70.2 Å². The Morgan fingerprint density at radius 1 is 0.667 bits per heavy atom. The van der Waals surface area contributed by atoms with Crippen LogP contribution in [0.3, 0.4) is 0 Å². The Bertz CT molecular complexity index is 1750. The summed E-state index contributed by atoms with van der Waals surface area (Å²) >= 11 is 0. The maximum atomic E-state index is 12.3. The molecule has 2 heterocycles. The van der Waals surface area contributed by atoms with E-state index < -0.39 is 0 Å². The molecule has 0 amide bonds. The summed E-state index contributed by atoms with van der Waals surface area (Å²) < 4.78 is 0. The van der Waals surface area contributed by atoms with E-state index in [4.69, 9.17) is 0 Å². The number of aryl methyl sites for hydroxylation is 2. The fourth-order valence-corrected chi connectivity index (χ4v) is 4.53. The minimum atomic E-state index is -0.181. The molecule has 5 nitrogen and oxygen atoms in total. The second-order valence-corrected chi connectivity index (χ2v) is 9.48. The zero-order valence-corrected chi connectivity index (χ0v) is 29.1. The summed E-state index contributed by atoms with van der Waals surface area (Å²) in [4.78, 5) is 28.6. The second kappa shape index (κ2) is 16.0. The predicted molar refractivity (Wildman–Crippen MR) is 161 cm³/mol. The van der Waals surface area contributed by atoms with Crippen LogP contribution in [0.15, 0.2) is 113 Å². The maximum Gasteiger partial charge on any atom is 0.272 e. The van der Waals surface area contributed by atoms with Crippen molar-refractivity contribution in [3.05, 3.63) is 148 Å². The summed E-state index contributed by atoms with van der Waals surface area (Å²) in [6.07, 6.45) is 3.48. The largest absolute Gasteiger partial charge is 0.292 e. The molecule has 1 aliphatic rings. The van der Waals surface area contributed by atoms with Crippen LogP contribution in [-0.4, -0.2) is 28.7 Å². The number of aromatic amines is 1. The van der Waals surface area contributed by atoms with Gasteiger partial charge < -0.3 is 0 Å². The van der Waals surface area contributed by atoms with Gasteiger partial charge in [0.25, 0.3) is 5.56 Å². The van der Waals surface area contributed by atoms with E-state index in [1.807, 2.05) is 111 Å². The molecule has 0 saturated carbocycles. The van der Waals surface area contributed by atoms with E-state index in [1.54, 1.807) is 12.4 Å². The minimum Gasteiger partial charge on any atom is -0.292 e. The average Bonchev–Trinajstić information content (AvgIpc) is 2.99. The average molecular weight is 699 g/mol. The number of benzene rings is 4. The molecule has 42 heavy (non-hydrogen) atoms. The molecule has 5 aromatic rings. The molecule has 2 radical (unpaired) electrons. The number of hydrogen-bond acceptors (Lipinski definition) is 4. The van der Waals surface area contributed by atoms with Crippen molar-refractivity contribution in [3.63, 3.8) is 0 Å². The number of H-pyrrole nitrogens is 1. The molecular formula is C35H27N3O2Y2-2. The molecule has 0 fully saturated rings. The van der Waals surface area contributed by atoms with Gasteiger partial charge >= 0.3 is 0 Å². The topological polar surface area (TPSA) is 75.2 Å². The normalized spacial score (nSPS) is 12.0. The molecule has 1 aliphatic heterocycles. The Hall–Kier alpha value is -2.95. The van der Waals surface area contributed by atoms with Gasteiger partial charge in [0, 0.05) is 77.2 Å². The molecule has 0 atom stereocenters. The monoisotopic (exact) mass is 699 g/mol.